The summed E-state index contributed by atoms with van der Waals surface area (Å²) in [6.45, 7) is 0.931. The van der Waals surface area contributed by atoms with E-state index in [0.717, 1.165) is 22.6 Å². The van der Waals surface area contributed by atoms with Crippen molar-refractivity contribution in [1.29, 1.82) is 0 Å². The highest BCUT2D eigenvalue weighted by atomic mass is 19.4. The summed E-state index contributed by atoms with van der Waals surface area (Å²) >= 11 is 0. The molecule has 0 radical (unpaired) electrons. The number of carbonyl (C=O) groups is 1. The molecule has 3 aromatic rings. The predicted octanol–water partition coefficient (Wildman–Crippen LogP) is 2.42. The van der Waals surface area contributed by atoms with Crippen molar-refractivity contribution in [3.05, 3.63) is 52.8 Å². The molecule has 0 aliphatic carbocycles. The molecule has 3 heterocycles. The molecule has 4 rings (SSSR count). The van der Waals surface area contributed by atoms with Crippen LogP contribution < -0.4 is 5.69 Å². The minimum atomic E-state index is -4.69. The first-order valence-electron chi connectivity index (χ1n) is 9.30. The van der Waals surface area contributed by atoms with E-state index in [1.165, 1.54) is 0 Å². The fraction of sp³-hybridized carbons (Fsp3) is 0.421. The zero-order chi connectivity index (χ0) is 20.8. The Morgan fingerprint density at radius 3 is 2.52 bits per heavy atom. The highest BCUT2D eigenvalue weighted by Gasteiger charge is 2.39. The lowest BCUT2D eigenvalue weighted by molar-refractivity contribution is -0.147. The number of benzene rings is 1. The molecule has 0 saturated carbocycles. The number of para-hydroxylation sites is 1. The number of rotatable bonds is 3. The summed E-state index contributed by atoms with van der Waals surface area (Å²) < 4.78 is 42.2. The van der Waals surface area contributed by atoms with E-state index in [1.54, 1.807) is 4.90 Å². The number of halogens is 3. The van der Waals surface area contributed by atoms with Crippen LogP contribution in [-0.2, 0) is 24.6 Å². The molecule has 1 aromatic carbocycles. The number of aromatic nitrogens is 4. The smallest absolute Gasteiger partial charge is 0.341 e. The van der Waals surface area contributed by atoms with Crippen molar-refractivity contribution in [2.45, 2.75) is 31.6 Å². The average Bonchev–Trinajstić information content (AvgIpc) is 3.23. The van der Waals surface area contributed by atoms with Gasteiger partial charge in [0.15, 0.2) is 0 Å². The first-order chi connectivity index (χ1) is 13.8. The summed E-state index contributed by atoms with van der Waals surface area (Å²) in [5, 5.41) is 4.55. The van der Waals surface area contributed by atoms with Crippen LogP contribution in [0.4, 0.5) is 13.2 Å². The van der Waals surface area contributed by atoms with Gasteiger partial charge in [-0.1, -0.05) is 18.2 Å². The van der Waals surface area contributed by atoms with E-state index < -0.39 is 23.7 Å². The fourth-order valence-corrected chi connectivity index (χ4v) is 3.82. The van der Waals surface area contributed by atoms with Gasteiger partial charge in [0.25, 0.3) is 0 Å². The van der Waals surface area contributed by atoms with Crippen molar-refractivity contribution in [2.24, 2.45) is 7.05 Å². The first kappa shape index (κ1) is 19.3. The van der Waals surface area contributed by atoms with Crippen molar-refractivity contribution in [3.8, 4) is 0 Å². The zero-order valence-corrected chi connectivity index (χ0v) is 15.8. The number of hydrogen-bond acceptors (Lipinski definition) is 3. The topological polar surface area (TPSA) is 65.1 Å². The van der Waals surface area contributed by atoms with Gasteiger partial charge in [-0.05, 0) is 30.4 Å². The van der Waals surface area contributed by atoms with Crippen LogP contribution in [0.5, 0.6) is 0 Å². The highest BCUT2D eigenvalue weighted by Crippen LogP contribution is 2.28. The molecule has 0 atom stereocenters. The first-order valence-corrected chi connectivity index (χ1v) is 9.30. The van der Waals surface area contributed by atoms with Crippen LogP contribution in [-0.4, -0.2) is 42.8 Å². The normalized spacial score (nSPS) is 15.9. The van der Waals surface area contributed by atoms with Crippen LogP contribution in [0.15, 0.2) is 41.3 Å². The summed E-state index contributed by atoms with van der Waals surface area (Å²) in [5.74, 6) is -1.27. The number of alkyl halides is 3. The van der Waals surface area contributed by atoms with Crippen LogP contribution in [0.1, 0.15) is 24.7 Å². The van der Waals surface area contributed by atoms with Crippen molar-refractivity contribution in [3.63, 3.8) is 0 Å². The largest absolute Gasteiger partial charge is 0.451 e. The number of nitrogens with zero attached hydrogens (tertiary/aromatic N) is 5. The lowest BCUT2D eigenvalue weighted by Gasteiger charge is -2.31. The van der Waals surface area contributed by atoms with E-state index in [4.69, 9.17) is 0 Å². The molecular formula is C19H20F3N5O2. The Labute approximate surface area is 163 Å². The quantitative estimate of drug-likeness (QED) is 0.670. The average molecular weight is 407 g/mol. The second-order valence-corrected chi connectivity index (χ2v) is 7.22. The Bertz CT molecular complexity index is 1100. The molecular weight excluding hydrogens is 387 g/mol. The Hall–Kier alpha value is -3.04. The van der Waals surface area contributed by atoms with Crippen molar-refractivity contribution in [2.75, 3.05) is 13.1 Å². The van der Waals surface area contributed by atoms with Gasteiger partial charge in [0.05, 0.1) is 6.04 Å². The standard InChI is InChI=1S/C19H20F3N5O2/c1-24-17(19(20,21)22)23-27(18(24)29)14-7-10-25(11-8-14)16(28)12-26-9-6-13-4-2-3-5-15(13)26/h2-6,9,14H,7-8,10-12H2,1H3. The summed E-state index contributed by atoms with van der Waals surface area (Å²) in [5.41, 5.74) is 0.177. The van der Waals surface area contributed by atoms with Gasteiger partial charge in [-0.15, -0.1) is 5.10 Å². The molecule has 2 aromatic heterocycles. The van der Waals surface area contributed by atoms with Gasteiger partial charge in [-0.3, -0.25) is 9.36 Å². The summed E-state index contributed by atoms with van der Waals surface area (Å²) in [6.07, 6.45) is -2.06. The fourth-order valence-electron chi connectivity index (χ4n) is 3.82. The van der Waals surface area contributed by atoms with Gasteiger partial charge in [0.2, 0.25) is 11.7 Å². The minimum absolute atomic E-state index is 0.0610. The third kappa shape index (κ3) is 3.54. The number of hydrogen-bond donors (Lipinski definition) is 0. The van der Waals surface area contributed by atoms with E-state index in [-0.39, 0.29) is 12.5 Å². The summed E-state index contributed by atoms with van der Waals surface area (Å²) in [6, 6.07) is 9.25. The number of likely N-dealkylation sites (tertiary alicyclic amines) is 1. The minimum Gasteiger partial charge on any atom is -0.341 e. The van der Waals surface area contributed by atoms with E-state index in [9.17, 15) is 22.8 Å². The molecule has 1 aliphatic rings. The number of carbonyl (C=O) groups excluding carboxylic acids is 1. The maximum atomic E-state index is 13.0. The molecule has 0 bridgehead atoms. The molecule has 1 amide bonds. The van der Waals surface area contributed by atoms with E-state index in [1.807, 2.05) is 41.1 Å². The maximum Gasteiger partial charge on any atom is 0.451 e. The van der Waals surface area contributed by atoms with Crippen LogP contribution in [0.25, 0.3) is 10.9 Å². The molecule has 1 saturated heterocycles. The van der Waals surface area contributed by atoms with Crippen LogP contribution >= 0.6 is 0 Å². The van der Waals surface area contributed by atoms with Crippen LogP contribution in [0.3, 0.4) is 0 Å². The summed E-state index contributed by atoms with van der Waals surface area (Å²) in [4.78, 5) is 26.5. The molecule has 10 heteroatoms. The molecule has 7 nitrogen and oxygen atoms in total. The van der Waals surface area contributed by atoms with Gasteiger partial charge >= 0.3 is 11.9 Å². The third-order valence-electron chi connectivity index (χ3n) is 5.41. The van der Waals surface area contributed by atoms with Gasteiger partial charge in [0.1, 0.15) is 6.54 Å². The van der Waals surface area contributed by atoms with E-state index >= 15 is 0 Å². The van der Waals surface area contributed by atoms with Gasteiger partial charge in [-0.2, -0.15) is 13.2 Å². The second-order valence-electron chi connectivity index (χ2n) is 7.22. The van der Waals surface area contributed by atoms with Crippen molar-refractivity contribution < 1.29 is 18.0 Å². The predicted molar refractivity (Wildman–Crippen MR) is 99.3 cm³/mol. The lowest BCUT2D eigenvalue weighted by atomic mass is 10.1. The maximum absolute atomic E-state index is 13.0. The Kier molecular flexibility index (Phi) is 4.71. The monoisotopic (exact) mass is 407 g/mol. The molecule has 0 spiro atoms. The molecule has 1 aliphatic heterocycles. The molecule has 1 fully saturated rings. The molecule has 154 valence electrons. The van der Waals surface area contributed by atoms with E-state index in [0.29, 0.717) is 30.5 Å². The van der Waals surface area contributed by atoms with E-state index in [2.05, 4.69) is 5.10 Å². The van der Waals surface area contributed by atoms with Crippen LogP contribution in [0, 0.1) is 0 Å². The highest BCUT2D eigenvalue weighted by molar-refractivity contribution is 5.83. The molecule has 29 heavy (non-hydrogen) atoms. The third-order valence-corrected chi connectivity index (χ3v) is 5.41. The van der Waals surface area contributed by atoms with Crippen molar-refractivity contribution in [1.82, 2.24) is 23.8 Å². The Morgan fingerprint density at radius 1 is 1.17 bits per heavy atom. The zero-order valence-electron chi connectivity index (χ0n) is 15.8. The summed E-state index contributed by atoms with van der Waals surface area (Å²) in [7, 11) is 1.06. The van der Waals surface area contributed by atoms with Crippen LogP contribution in [0.2, 0.25) is 0 Å². The van der Waals surface area contributed by atoms with Gasteiger partial charge in [-0.25, -0.2) is 9.48 Å². The van der Waals surface area contributed by atoms with Gasteiger partial charge < -0.3 is 9.47 Å². The Morgan fingerprint density at radius 2 is 1.86 bits per heavy atom. The van der Waals surface area contributed by atoms with Crippen molar-refractivity contribution >= 4 is 16.8 Å². The second kappa shape index (κ2) is 7.09. The van der Waals surface area contributed by atoms with Gasteiger partial charge in [0, 0.05) is 31.9 Å². The molecule has 0 N–H and O–H groups in total. The SMILES string of the molecule is Cn1c(C(F)(F)F)nn(C2CCN(C(=O)Cn3ccc4ccccc43)CC2)c1=O. The Balaban J connectivity index is 1.43. The number of piperidine rings is 1. The number of amides is 1. The molecule has 0 unspecified atom stereocenters. The number of fused-ring (bicyclic) bond motifs is 1. The lowest BCUT2D eigenvalue weighted by Crippen LogP contribution is -2.42.